The van der Waals surface area contributed by atoms with Gasteiger partial charge in [0, 0.05) is 24.0 Å². The van der Waals surface area contributed by atoms with E-state index in [0.717, 1.165) is 13.0 Å². The maximum Gasteiger partial charge on any atom is 0.185 e. The number of nitrogens with two attached hydrogens (primary N) is 2. The molecule has 0 amide bonds. The molecule has 5 nitrogen and oxygen atoms in total. The van der Waals surface area contributed by atoms with Crippen molar-refractivity contribution in [2.45, 2.75) is 53.5 Å². The van der Waals surface area contributed by atoms with Crippen molar-refractivity contribution in [3.05, 3.63) is 0 Å². The van der Waals surface area contributed by atoms with Crippen LogP contribution in [0.3, 0.4) is 0 Å². The Labute approximate surface area is 117 Å². The quantitative estimate of drug-likeness (QED) is 0.433. The molecule has 5 heteroatoms. The molecule has 0 aliphatic heterocycles. The van der Waals surface area contributed by atoms with Crippen molar-refractivity contribution < 1.29 is 4.79 Å². The fourth-order valence-electron chi connectivity index (χ4n) is 1.53. The number of ketones is 1. The van der Waals surface area contributed by atoms with Crippen LogP contribution in [-0.4, -0.2) is 41.8 Å². The second kappa shape index (κ2) is 6.89. The summed E-state index contributed by atoms with van der Waals surface area (Å²) in [4.78, 5) is 18.3. The summed E-state index contributed by atoms with van der Waals surface area (Å²) in [6, 6.07) is 0. The zero-order valence-corrected chi connectivity index (χ0v) is 13.3. The van der Waals surface area contributed by atoms with Crippen molar-refractivity contribution in [1.29, 1.82) is 0 Å². The highest BCUT2D eigenvalue weighted by Crippen LogP contribution is 2.19. The van der Waals surface area contributed by atoms with Gasteiger partial charge >= 0.3 is 0 Å². The van der Waals surface area contributed by atoms with Crippen LogP contribution >= 0.6 is 0 Å². The van der Waals surface area contributed by atoms with E-state index in [1.165, 1.54) is 0 Å². The molecular formula is C14H30N4O. The molecule has 0 spiro atoms. The van der Waals surface area contributed by atoms with Crippen molar-refractivity contribution in [3.63, 3.8) is 0 Å². The molecule has 0 unspecified atom stereocenters. The van der Waals surface area contributed by atoms with Gasteiger partial charge in [-0.1, -0.05) is 20.8 Å². The summed E-state index contributed by atoms with van der Waals surface area (Å²) in [7, 11) is 0. The number of guanidine groups is 1. The molecule has 112 valence electrons. The lowest BCUT2D eigenvalue weighted by Gasteiger charge is -2.36. The molecular weight excluding hydrogens is 240 g/mol. The van der Waals surface area contributed by atoms with Gasteiger partial charge in [-0.3, -0.25) is 14.7 Å². The Morgan fingerprint density at radius 2 is 1.63 bits per heavy atom. The smallest absolute Gasteiger partial charge is 0.185 e. The summed E-state index contributed by atoms with van der Waals surface area (Å²) in [6.45, 7) is 14.1. The Kier molecular flexibility index (Phi) is 6.49. The van der Waals surface area contributed by atoms with Crippen LogP contribution in [0.5, 0.6) is 0 Å². The molecule has 0 bridgehead atoms. The first kappa shape index (κ1) is 17.9. The third-order valence-corrected chi connectivity index (χ3v) is 3.00. The zero-order chi connectivity index (χ0) is 15.3. The van der Waals surface area contributed by atoms with E-state index in [4.69, 9.17) is 11.5 Å². The van der Waals surface area contributed by atoms with Crippen LogP contribution in [0.4, 0.5) is 0 Å². The van der Waals surface area contributed by atoms with E-state index in [2.05, 4.69) is 30.7 Å². The van der Waals surface area contributed by atoms with Gasteiger partial charge in [-0.2, -0.15) is 0 Å². The minimum Gasteiger partial charge on any atom is -0.370 e. The fourth-order valence-corrected chi connectivity index (χ4v) is 1.53. The van der Waals surface area contributed by atoms with Gasteiger partial charge in [0.25, 0.3) is 0 Å². The van der Waals surface area contributed by atoms with Crippen molar-refractivity contribution in [2.75, 3.05) is 19.6 Å². The molecule has 0 aliphatic carbocycles. The number of hydrogen-bond donors (Lipinski definition) is 2. The summed E-state index contributed by atoms with van der Waals surface area (Å²) in [5.74, 6) is 0.373. The lowest BCUT2D eigenvalue weighted by Crippen LogP contribution is -2.47. The molecule has 0 aliphatic rings. The van der Waals surface area contributed by atoms with Crippen molar-refractivity contribution in [1.82, 2.24) is 4.90 Å². The van der Waals surface area contributed by atoms with Crippen LogP contribution in [0.1, 0.15) is 48.0 Å². The maximum absolute atomic E-state index is 12.2. The Morgan fingerprint density at radius 3 is 2.00 bits per heavy atom. The summed E-state index contributed by atoms with van der Waals surface area (Å²) < 4.78 is 0. The number of Topliss-reactive ketones (excluding diaryl/α,β-unsaturated/α-hetero) is 1. The van der Waals surface area contributed by atoms with E-state index in [9.17, 15) is 4.79 Å². The van der Waals surface area contributed by atoms with Gasteiger partial charge in [-0.05, 0) is 27.2 Å². The zero-order valence-electron chi connectivity index (χ0n) is 13.3. The first-order chi connectivity index (χ1) is 8.44. The Bertz CT molecular complexity index is 319. The fraction of sp³-hybridized carbons (Fsp3) is 0.857. The predicted octanol–water partition coefficient (Wildman–Crippen LogP) is 1.37. The molecule has 0 fully saturated rings. The Morgan fingerprint density at radius 1 is 1.11 bits per heavy atom. The monoisotopic (exact) mass is 270 g/mol. The average molecular weight is 270 g/mol. The van der Waals surface area contributed by atoms with E-state index >= 15 is 0 Å². The number of aliphatic imine (C=N–C) groups is 1. The minimum absolute atomic E-state index is 0.0428. The summed E-state index contributed by atoms with van der Waals surface area (Å²) in [5, 5.41) is 0. The summed E-state index contributed by atoms with van der Waals surface area (Å²) in [5.41, 5.74) is 10.2. The van der Waals surface area contributed by atoms with Gasteiger partial charge < -0.3 is 11.5 Å². The van der Waals surface area contributed by atoms with Crippen molar-refractivity contribution in [2.24, 2.45) is 21.9 Å². The number of hydrogen-bond acceptors (Lipinski definition) is 3. The van der Waals surface area contributed by atoms with Crippen LogP contribution < -0.4 is 11.5 Å². The van der Waals surface area contributed by atoms with Crippen LogP contribution in [0, 0.1) is 5.41 Å². The van der Waals surface area contributed by atoms with E-state index in [-0.39, 0.29) is 22.7 Å². The lowest BCUT2D eigenvalue weighted by atomic mass is 9.89. The highest BCUT2D eigenvalue weighted by atomic mass is 16.1. The van der Waals surface area contributed by atoms with Crippen LogP contribution in [0.2, 0.25) is 0 Å². The van der Waals surface area contributed by atoms with E-state index in [1.807, 2.05) is 20.8 Å². The predicted molar refractivity (Wildman–Crippen MR) is 81.1 cm³/mol. The Balaban J connectivity index is 4.51. The van der Waals surface area contributed by atoms with E-state index in [0.29, 0.717) is 13.1 Å². The lowest BCUT2D eigenvalue weighted by molar-refractivity contribution is -0.128. The molecule has 4 N–H and O–H groups in total. The normalized spacial score (nSPS) is 12.6. The SMILES string of the molecule is CC(C)(C)C(=O)CN(CCCN=C(N)N)C(C)(C)C. The minimum atomic E-state index is -0.302. The molecule has 0 heterocycles. The van der Waals surface area contributed by atoms with E-state index < -0.39 is 0 Å². The first-order valence-electron chi connectivity index (χ1n) is 6.78. The largest absolute Gasteiger partial charge is 0.370 e. The van der Waals surface area contributed by atoms with Crippen molar-refractivity contribution in [3.8, 4) is 0 Å². The van der Waals surface area contributed by atoms with Crippen LogP contribution in [-0.2, 0) is 4.79 Å². The first-order valence-corrected chi connectivity index (χ1v) is 6.78. The summed E-state index contributed by atoms with van der Waals surface area (Å²) >= 11 is 0. The molecule has 0 aromatic rings. The Hall–Kier alpha value is -1.10. The molecule has 0 atom stereocenters. The molecule has 19 heavy (non-hydrogen) atoms. The molecule has 0 aromatic carbocycles. The highest BCUT2D eigenvalue weighted by Gasteiger charge is 2.28. The van der Waals surface area contributed by atoms with Gasteiger partial charge in [0.15, 0.2) is 11.7 Å². The van der Waals surface area contributed by atoms with Crippen LogP contribution in [0.15, 0.2) is 4.99 Å². The molecule has 0 saturated carbocycles. The van der Waals surface area contributed by atoms with E-state index in [1.54, 1.807) is 0 Å². The molecule has 0 saturated heterocycles. The standard InChI is InChI=1S/C14H30N4O/c1-13(2,3)11(19)10-18(14(4,5)6)9-7-8-17-12(15)16/h7-10H2,1-6H3,(H4,15,16,17). The number of carbonyl (C=O) groups excluding carboxylic acids is 1. The highest BCUT2D eigenvalue weighted by molar-refractivity contribution is 5.85. The second-order valence-electron chi connectivity index (χ2n) is 6.93. The number of carbonyl (C=O) groups is 1. The maximum atomic E-state index is 12.2. The van der Waals surface area contributed by atoms with Gasteiger partial charge in [0.05, 0.1) is 6.54 Å². The second-order valence-corrected chi connectivity index (χ2v) is 6.93. The van der Waals surface area contributed by atoms with Gasteiger partial charge in [-0.25, -0.2) is 0 Å². The van der Waals surface area contributed by atoms with Crippen molar-refractivity contribution >= 4 is 11.7 Å². The van der Waals surface area contributed by atoms with Gasteiger partial charge in [0.2, 0.25) is 0 Å². The average Bonchev–Trinajstić information content (AvgIpc) is 2.18. The topological polar surface area (TPSA) is 84.7 Å². The van der Waals surface area contributed by atoms with Crippen LogP contribution in [0.25, 0.3) is 0 Å². The summed E-state index contributed by atoms with van der Waals surface area (Å²) in [6.07, 6.45) is 0.840. The van der Waals surface area contributed by atoms with Gasteiger partial charge in [-0.15, -0.1) is 0 Å². The number of rotatable bonds is 6. The molecule has 0 rings (SSSR count). The number of nitrogens with zero attached hydrogens (tertiary/aromatic N) is 2. The van der Waals surface area contributed by atoms with Gasteiger partial charge in [0.1, 0.15) is 0 Å². The third kappa shape index (κ3) is 7.82. The molecule has 0 radical (unpaired) electrons. The third-order valence-electron chi connectivity index (χ3n) is 3.00. The molecule has 0 aromatic heterocycles.